The third kappa shape index (κ3) is 6.64. The summed E-state index contributed by atoms with van der Waals surface area (Å²) in [4.78, 5) is 56.7. The molecule has 0 aliphatic rings. The van der Waals surface area contributed by atoms with Crippen LogP contribution in [0.4, 0.5) is 11.9 Å². The van der Waals surface area contributed by atoms with Crippen molar-refractivity contribution in [3.8, 4) is 0 Å². The number of aromatic nitrogens is 3. The summed E-state index contributed by atoms with van der Waals surface area (Å²) in [7, 11) is 0. The molecule has 0 bridgehead atoms. The highest BCUT2D eigenvalue weighted by Crippen LogP contribution is 2.14. The van der Waals surface area contributed by atoms with E-state index in [2.05, 4.69) is 15.0 Å². The first-order valence-electron chi connectivity index (χ1n) is 6.68. The van der Waals surface area contributed by atoms with Crippen molar-refractivity contribution in [2.45, 2.75) is 6.92 Å². The summed E-state index contributed by atoms with van der Waals surface area (Å²) in [6.45, 7) is -1.53. The van der Waals surface area contributed by atoms with Gasteiger partial charge in [-0.1, -0.05) is 0 Å². The molecule has 0 radical (unpaired) electrons. The first-order chi connectivity index (χ1) is 11.6. The van der Waals surface area contributed by atoms with Crippen LogP contribution in [0.1, 0.15) is 5.82 Å². The van der Waals surface area contributed by atoms with Gasteiger partial charge in [-0.25, -0.2) is 0 Å². The SMILES string of the molecule is Cc1nc(N(CC(=O)O)CC(=O)O)nc(N(CC(=O)O)CC(=O)O)n1. The van der Waals surface area contributed by atoms with Gasteiger partial charge in [-0.3, -0.25) is 19.2 Å². The molecule has 13 heteroatoms. The van der Waals surface area contributed by atoms with Gasteiger partial charge in [0.25, 0.3) is 0 Å². The third-order valence-corrected chi connectivity index (χ3v) is 2.59. The zero-order chi connectivity index (χ0) is 19.1. The lowest BCUT2D eigenvalue weighted by atomic mass is 10.4. The molecule has 4 N–H and O–H groups in total. The van der Waals surface area contributed by atoms with Gasteiger partial charge in [-0.15, -0.1) is 0 Å². The summed E-state index contributed by atoms with van der Waals surface area (Å²) in [5, 5.41) is 35.5. The van der Waals surface area contributed by atoms with Crippen molar-refractivity contribution >= 4 is 35.8 Å². The summed E-state index contributed by atoms with van der Waals surface area (Å²) < 4.78 is 0. The lowest BCUT2D eigenvalue weighted by Crippen LogP contribution is -2.38. The van der Waals surface area contributed by atoms with Gasteiger partial charge in [0.05, 0.1) is 0 Å². The monoisotopic (exact) mass is 357 g/mol. The molecule has 136 valence electrons. The van der Waals surface area contributed by atoms with E-state index in [0.717, 1.165) is 9.80 Å². The van der Waals surface area contributed by atoms with Crippen LogP contribution in [0, 0.1) is 6.92 Å². The van der Waals surface area contributed by atoms with Crippen LogP contribution >= 0.6 is 0 Å². The molecule has 0 atom stereocenters. The number of carbonyl (C=O) groups is 4. The highest BCUT2D eigenvalue weighted by atomic mass is 16.4. The Kier molecular flexibility index (Phi) is 6.54. The Morgan fingerprint density at radius 3 is 1.20 bits per heavy atom. The van der Waals surface area contributed by atoms with Gasteiger partial charge in [0.15, 0.2) is 0 Å². The van der Waals surface area contributed by atoms with Crippen LogP contribution in [0.3, 0.4) is 0 Å². The van der Waals surface area contributed by atoms with Crippen LogP contribution in [0.15, 0.2) is 0 Å². The normalized spacial score (nSPS) is 10.1. The third-order valence-electron chi connectivity index (χ3n) is 2.59. The number of hydrogen-bond acceptors (Lipinski definition) is 9. The van der Waals surface area contributed by atoms with Gasteiger partial charge in [-0.05, 0) is 6.92 Å². The van der Waals surface area contributed by atoms with Gasteiger partial charge >= 0.3 is 23.9 Å². The fourth-order valence-electron chi connectivity index (χ4n) is 1.78. The molecule has 0 saturated carbocycles. The fourth-order valence-corrected chi connectivity index (χ4v) is 1.78. The Morgan fingerprint density at radius 1 is 0.680 bits per heavy atom. The van der Waals surface area contributed by atoms with E-state index < -0.39 is 50.1 Å². The van der Waals surface area contributed by atoms with Gasteiger partial charge in [0.2, 0.25) is 11.9 Å². The molecular formula is C12H15N5O8. The Balaban J connectivity index is 3.28. The quantitative estimate of drug-likeness (QED) is 0.364. The number of aliphatic carboxylic acids is 4. The fraction of sp³-hybridized carbons (Fsp3) is 0.417. The minimum absolute atomic E-state index is 0.0292. The van der Waals surface area contributed by atoms with Crippen LogP contribution < -0.4 is 9.80 Å². The van der Waals surface area contributed by atoms with Crippen molar-refractivity contribution in [2.24, 2.45) is 0 Å². The maximum atomic E-state index is 10.9. The van der Waals surface area contributed by atoms with E-state index in [1.807, 2.05) is 0 Å². The summed E-state index contributed by atoms with van der Waals surface area (Å²) in [6, 6.07) is 0. The molecule has 0 spiro atoms. The van der Waals surface area contributed by atoms with Crippen LogP contribution in [0.5, 0.6) is 0 Å². The molecule has 0 saturated heterocycles. The maximum Gasteiger partial charge on any atom is 0.323 e. The summed E-state index contributed by atoms with van der Waals surface area (Å²) in [5.74, 6) is -5.98. The van der Waals surface area contributed by atoms with Crippen molar-refractivity contribution in [1.29, 1.82) is 0 Å². The van der Waals surface area contributed by atoms with Crippen LogP contribution in [-0.4, -0.2) is 85.4 Å². The lowest BCUT2D eigenvalue weighted by molar-refractivity contribution is -0.138. The Hall–Kier alpha value is -3.51. The van der Waals surface area contributed by atoms with Gasteiger partial charge in [0.1, 0.15) is 32.0 Å². The second-order valence-electron chi connectivity index (χ2n) is 4.77. The molecular weight excluding hydrogens is 342 g/mol. The Labute approximate surface area is 140 Å². The first kappa shape index (κ1) is 19.5. The first-order valence-corrected chi connectivity index (χ1v) is 6.68. The highest BCUT2D eigenvalue weighted by Gasteiger charge is 2.22. The van der Waals surface area contributed by atoms with E-state index in [9.17, 15) is 19.2 Å². The van der Waals surface area contributed by atoms with Crippen molar-refractivity contribution in [3.63, 3.8) is 0 Å². The molecule has 25 heavy (non-hydrogen) atoms. The summed E-state index contributed by atoms with van der Waals surface area (Å²) in [6.07, 6.45) is 0. The minimum Gasteiger partial charge on any atom is -0.480 e. The molecule has 0 aliphatic heterocycles. The molecule has 13 nitrogen and oxygen atoms in total. The number of hydrogen-bond donors (Lipinski definition) is 4. The van der Waals surface area contributed by atoms with Crippen molar-refractivity contribution in [1.82, 2.24) is 15.0 Å². The predicted octanol–water partition coefficient (Wildman–Crippen LogP) is -1.87. The van der Waals surface area contributed by atoms with Gasteiger partial charge < -0.3 is 30.2 Å². The van der Waals surface area contributed by atoms with E-state index in [0.29, 0.717) is 0 Å². The molecule has 0 amide bonds. The number of rotatable bonds is 10. The molecule has 1 aromatic heterocycles. The van der Waals surface area contributed by atoms with E-state index in [1.54, 1.807) is 0 Å². The molecule has 0 aliphatic carbocycles. The molecule has 1 rings (SSSR count). The highest BCUT2D eigenvalue weighted by molar-refractivity contribution is 5.79. The molecule has 0 fully saturated rings. The predicted molar refractivity (Wildman–Crippen MR) is 79.5 cm³/mol. The molecule has 1 heterocycles. The molecule has 0 aromatic carbocycles. The number of aryl methyl sites for hydroxylation is 1. The van der Waals surface area contributed by atoms with Gasteiger partial charge in [-0.2, -0.15) is 15.0 Å². The zero-order valence-electron chi connectivity index (χ0n) is 13.0. The van der Waals surface area contributed by atoms with E-state index in [4.69, 9.17) is 20.4 Å². The van der Waals surface area contributed by atoms with E-state index in [1.165, 1.54) is 6.92 Å². The van der Waals surface area contributed by atoms with Crippen molar-refractivity contribution in [2.75, 3.05) is 36.0 Å². The van der Waals surface area contributed by atoms with Crippen molar-refractivity contribution < 1.29 is 39.6 Å². The van der Waals surface area contributed by atoms with Crippen molar-refractivity contribution in [3.05, 3.63) is 5.82 Å². The zero-order valence-corrected chi connectivity index (χ0v) is 13.0. The standard InChI is InChI=1S/C12H15N5O8/c1-6-13-11(16(2-7(18)19)3-8(20)21)15-12(14-6)17(4-9(22)23)5-10(24)25/h2-5H2,1H3,(H,18,19)(H,20,21)(H,22,23)(H,24,25). The van der Waals surface area contributed by atoms with Crippen LogP contribution in [0.25, 0.3) is 0 Å². The summed E-state index contributed by atoms with van der Waals surface area (Å²) in [5.41, 5.74) is 0. The summed E-state index contributed by atoms with van der Waals surface area (Å²) >= 11 is 0. The topological polar surface area (TPSA) is 194 Å². The van der Waals surface area contributed by atoms with Crippen LogP contribution in [0.2, 0.25) is 0 Å². The second kappa shape index (κ2) is 8.37. The average molecular weight is 357 g/mol. The molecule has 1 aromatic rings. The average Bonchev–Trinajstić information content (AvgIpc) is 2.43. The van der Waals surface area contributed by atoms with Gasteiger partial charge in [0, 0.05) is 0 Å². The minimum atomic E-state index is -1.34. The van der Waals surface area contributed by atoms with Crippen LogP contribution in [-0.2, 0) is 19.2 Å². The van der Waals surface area contributed by atoms with E-state index >= 15 is 0 Å². The second-order valence-corrected chi connectivity index (χ2v) is 4.77. The Morgan fingerprint density at radius 2 is 0.960 bits per heavy atom. The number of anilines is 2. The largest absolute Gasteiger partial charge is 0.480 e. The molecule has 0 unspecified atom stereocenters. The maximum absolute atomic E-state index is 10.9. The van der Waals surface area contributed by atoms with E-state index in [-0.39, 0.29) is 17.7 Å². The lowest BCUT2D eigenvalue weighted by Gasteiger charge is -2.22. The number of carboxylic acids is 4. The Bertz CT molecular complexity index is 608. The smallest absolute Gasteiger partial charge is 0.323 e. The number of carboxylic acid groups (broad SMARTS) is 4. The number of nitrogens with zero attached hydrogens (tertiary/aromatic N) is 5.